The minimum Gasteiger partial charge on any atom is -0.354 e. The Morgan fingerprint density at radius 1 is 0.944 bits per heavy atom. The number of carbonyl (C=O) groups excluding carboxylic acids is 2. The van der Waals surface area contributed by atoms with E-state index < -0.39 is 0 Å². The number of fused-ring (bicyclic) bond motifs is 1. The highest BCUT2D eigenvalue weighted by Crippen LogP contribution is 2.27. The number of likely N-dealkylation sites (tertiary alicyclic amines) is 1. The molecule has 3 aromatic carbocycles. The van der Waals surface area contributed by atoms with Crippen molar-refractivity contribution in [3.63, 3.8) is 0 Å². The second-order valence-electron chi connectivity index (χ2n) is 9.40. The molecule has 36 heavy (non-hydrogen) atoms. The molecule has 0 aliphatic carbocycles. The largest absolute Gasteiger partial charge is 0.354 e. The molecule has 0 radical (unpaired) electrons. The average molecular weight is 481 g/mol. The minimum atomic E-state index is -0.389. The number of imidazole rings is 1. The Hall–Kier alpha value is -3.93. The van der Waals surface area contributed by atoms with Crippen LogP contribution in [0.4, 0.5) is 0 Å². The van der Waals surface area contributed by atoms with Gasteiger partial charge in [-0.2, -0.15) is 0 Å². The number of amides is 2. The Morgan fingerprint density at radius 2 is 1.61 bits per heavy atom. The first-order chi connectivity index (χ1) is 17.7. The van der Waals surface area contributed by atoms with Gasteiger partial charge in [0.2, 0.25) is 11.8 Å². The van der Waals surface area contributed by atoms with Crippen LogP contribution in [-0.2, 0) is 16.0 Å². The number of rotatable bonds is 9. The van der Waals surface area contributed by atoms with E-state index in [0.29, 0.717) is 32.4 Å². The molecule has 1 aromatic heterocycles. The molecule has 5 rings (SSSR count). The lowest BCUT2D eigenvalue weighted by Crippen LogP contribution is -2.46. The van der Waals surface area contributed by atoms with Crippen molar-refractivity contribution in [3.8, 4) is 0 Å². The highest BCUT2D eigenvalue weighted by molar-refractivity contribution is 5.88. The second kappa shape index (κ2) is 11.2. The number of aryl methyl sites for hydroxylation is 1. The van der Waals surface area contributed by atoms with Gasteiger partial charge in [-0.1, -0.05) is 72.8 Å². The van der Waals surface area contributed by atoms with E-state index in [1.807, 2.05) is 36.4 Å². The molecule has 6 heteroatoms. The normalized spacial score (nSPS) is 15.5. The van der Waals surface area contributed by atoms with Gasteiger partial charge in [-0.25, -0.2) is 4.98 Å². The van der Waals surface area contributed by atoms with E-state index in [1.54, 1.807) is 4.90 Å². The molecule has 1 aliphatic heterocycles. The zero-order valence-electron chi connectivity index (χ0n) is 20.4. The first-order valence-corrected chi connectivity index (χ1v) is 12.8. The second-order valence-corrected chi connectivity index (χ2v) is 9.40. The fourth-order valence-corrected chi connectivity index (χ4v) is 5.18. The monoisotopic (exact) mass is 480 g/mol. The number of nitrogens with zero attached hydrogens (tertiary/aromatic N) is 2. The van der Waals surface area contributed by atoms with Crippen molar-refractivity contribution < 1.29 is 9.59 Å². The molecule has 0 saturated carbocycles. The Balaban J connectivity index is 1.16. The summed E-state index contributed by atoms with van der Waals surface area (Å²) in [4.78, 5) is 35.7. The number of aromatic amines is 1. The summed E-state index contributed by atoms with van der Waals surface area (Å²) < 4.78 is 0. The van der Waals surface area contributed by atoms with Crippen molar-refractivity contribution >= 4 is 22.8 Å². The SMILES string of the molecule is O=C(NCCC(c1ccccc1)c1ccccc1)[C@@H]1CCCN1C(=O)CCc1nc2ccccc2[nH]1. The quantitative estimate of drug-likeness (QED) is 0.360. The molecule has 184 valence electrons. The molecule has 1 atom stereocenters. The van der Waals surface area contributed by atoms with E-state index >= 15 is 0 Å². The third-order valence-corrected chi connectivity index (χ3v) is 7.03. The zero-order valence-corrected chi connectivity index (χ0v) is 20.4. The van der Waals surface area contributed by atoms with Crippen LogP contribution in [0.5, 0.6) is 0 Å². The van der Waals surface area contributed by atoms with Crippen molar-refractivity contribution in [1.29, 1.82) is 0 Å². The van der Waals surface area contributed by atoms with Gasteiger partial charge in [-0.05, 0) is 42.5 Å². The predicted molar refractivity (Wildman–Crippen MR) is 142 cm³/mol. The fourth-order valence-electron chi connectivity index (χ4n) is 5.18. The van der Waals surface area contributed by atoms with E-state index in [-0.39, 0.29) is 23.8 Å². The lowest BCUT2D eigenvalue weighted by Gasteiger charge is -2.24. The van der Waals surface area contributed by atoms with Crippen molar-refractivity contribution in [2.24, 2.45) is 0 Å². The molecule has 6 nitrogen and oxygen atoms in total. The molecular formula is C30H32N4O2. The van der Waals surface area contributed by atoms with E-state index in [4.69, 9.17) is 0 Å². The fraction of sp³-hybridized carbons (Fsp3) is 0.300. The van der Waals surface area contributed by atoms with Crippen LogP contribution in [0.3, 0.4) is 0 Å². The van der Waals surface area contributed by atoms with Gasteiger partial charge in [-0.15, -0.1) is 0 Å². The third-order valence-electron chi connectivity index (χ3n) is 7.03. The van der Waals surface area contributed by atoms with E-state index in [1.165, 1.54) is 11.1 Å². The highest BCUT2D eigenvalue weighted by Gasteiger charge is 2.33. The number of H-pyrrole nitrogens is 1. The Kier molecular flexibility index (Phi) is 7.41. The van der Waals surface area contributed by atoms with Gasteiger partial charge < -0.3 is 15.2 Å². The molecule has 0 spiro atoms. The summed E-state index contributed by atoms with van der Waals surface area (Å²) in [6.45, 7) is 1.19. The van der Waals surface area contributed by atoms with Crippen LogP contribution in [0.25, 0.3) is 11.0 Å². The third kappa shape index (κ3) is 5.48. The molecule has 1 saturated heterocycles. The van der Waals surface area contributed by atoms with Crippen molar-refractivity contribution in [2.75, 3.05) is 13.1 Å². The summed E-state index contributed by atoms with van der Waals surface area (Å²) in [5.41, 5.74) is 4.35. The maximum atomic E-state index is 13.1. The number of nitrogens with one attached hydrogen (secondary N) is 2. The van der Waals surface area contributed by atoms with Gasteiger partial charge in [-0.3, -0.25) is 9.59 Å². The zero-order chi connectivity index (χ0) is 24.7. The van der Waals surface area contributed by atoms with E-state index in [9.17, 15) is 9.59 Å². The van der Waals surface area contributed by atoms with Gasteiger partial charge in [0, 0.05) is 31.8 Å². The highest BCUT2D eigenvalue weighted by atomic mass is 16.2. The van der Waals surface area contributed by atoms with Crippen LogP contribution in [0, 0.1) is 0 Å². The maximum absolute atomic E-state index is 13.1. The number of carbonyl (C=O) groups is 2. The summed E-state index contributed by atoms with van der Waals surface area (Å²) in [5, 5.41) is 3.12. The standard InChI is InChI=1S/C30H32N4O2/c35-29(18-17-28-32-25-14-7-8-15-26(25)33-28)34-21-9-16-27(34)30(36)31-20-19-24(22-10-3-1-4-11-22)23-12-5-2-6-13-23/h1-8,10-15,24,27H,9,16-21H2,(H,31,36)(H,32,33)/t27-/m0/s1. The number of aromatic nitrogens is 2. The first-order valence-electron chi connectivity index (χ1n) is 12.8. The molecule has 2 N–H and O–H groups in total. The molecular weight excluding hydrogens is 448 g/mol. The van der Waals surface area contributed by atoms with Crippen LogP contribution < -0.4 is 5.32 Å². The van der Waals surface area contributed by atoms with Gasteiger partial charge >= 0.3 is 0 Å². The average Bonchev–Trinajstić information content (AvgIpc) is 3.58. The minimum absolute atomic E-state index is 0.0135. The maximum Gasteiger partial charge on any atom is 0.242 e. The van der Waals surface area contributed by atoms with Crippen molar-refractivity contribution in [1.82, 2.24) is 20.2 Å². The summed E-state index contributed by atoms with van der Waals surface area (Å²) in [6, 6.07) is 28.3. The summed E-state index contributed by atoms with van der Waals surface area (Å²) in [7, 11) is 0. The molecule has 2 heterocycles. The van der Waals surface area contributed by atoms with Crippen LogP contribution in [0.15, 0.2) is 84.9 Å². The Bertz CT molecular complexity index is 1230. The number of hydrogen-bond donors (Lipinski definition) is 2. The summed E-state index contributed by atoms with van der Waals surface area (Å²) in [5.74, 6) is 0.972. The Labute approximate surface area is 211 Å². The lowest BCUT2D eigenvalue weighted by atomic mass is 9.88. The number of hydrogen-bond acceptors (Lipinski definition) is 3. The van der Waals surface area contributed by atoms with Gasteiger partial charge in [0.05, 0.1) is 11.0 Å². The van der Waals surface area contributed by atoms with E-state index in [2.05, 4.69) is 63.8 Å². The van der Waals surface area contributed by atoms with Crippen LogP contribution >= 0.6 is 0 Å². The molecule has 1 fully saturated rings. The van der Waals surface area contributed by atoms with Crippen LogP contribution in [0.1, 0.15) is 48.6 Å². The van der Waals surface area contributed by atoms with Crippen LogP contribution in [-0.4, -0.2) is 45.8 Å². The van der Waals surface area contributed by atoms with Gasteiger partial charge in [0.1, 0.15) is 11.9 Å². The summed E-state index contributed by atoms with van der Waals surface area (Å²) in [6.07, 6.45) is 3.24. The molecule has 0 bridgehead atoms. The van der Waals surface area contributed by atoms with Crippen LogP contribution in [0.2, 0.25) is 0 Å². The summed E-state index contributed by atoms with van der Waals surface area (Å²) >= 11 is 0. The van der Waals surface area contributed by atoms with E-state index in [0.717, 1.165) is 29.7 Å². The predicted octanol–water partition coefficient (Wildman–Crippen LogP) is 4.82. The Morgan fingerprint density at radius 3 is 2.31 bits per heavy atom. The van der Waals surface area contributed by atoms with Crippen molar-refractivity contribution in [2.45, 2.75) is 44.1 Å². The number of benzene rings is 3. The van der Waals surface area contributed by atoms with Crippen molar-refractivity contribution in [3.05, 3.63) is 102 Å². The number of para-hydroxylation sites is 2. The molecule has 1 aliphatic rings. The smallest absolute Gasteiger partial charge is 0.242 e. The van der Waals surface area contributed by atoms with Gasteiger partial charge in [0.25, 0.3) is 0 Å². The van der Waals surface area contributed by atoms with Gasteiger partial charge in [0.15, 0.2) is 0 Å². The molecule has 4 aromatic rings. The topological polar surface area (TPSA) is 78.1 Å². The molecule has 2 amide bonds. The lowest BCUT2D eigenvalue weighted by molar-refractivity contribution is -0.138. The first kappa shape index (κ1) is 23.8. The molecule has 0 unspecified atom stereocenters.